The first-order valence-electron chi connectivity index (χ1n) is 9.92. The van der Waals surface area contributed by atoms with E-state index < -0.39 is 0 Å². The van der Waals surface area contributed by atoms with Gasteiger partial charge >= 0.3 is 0 Å². The van der Waals surface area contributed by atoms with Crippen molar-refractivity contribution < 1.29 is 14.3 Å². The van der Waals surface area contributed by atoms with Gasteiger partial charge < -0.3 is 14.4 Å². The fourth-order valence-electron chi connectivity index (χ4n) is 3.37. The standard InChI is InChI=1S/C23H24ClN3O3/c1-16-21(14-26(18-10-11-18)22(28)15-29-2)23(30-20-12-8-17(24)9-13-20)27(25-16)19-6-4-3-5-7-19/h3-9,12-13,18H,10-11,14-15H2,1-2H3. The van der Waals surface area contributed by atoms with Gasteiger partial charge in [0.2, 0.25) is 11.8 Å². The van der Waals surface area contributed by atoms with Crippen molar-refractivity contribution in [3.8, 4) is 17.3 Å². The van der Waals surface area contributed by atoms with Crippen molar-refractivity contribution in [3.63, 3.8) is 0 Å². The normalized spacial score (nSPS) is 13.3. The van der Waals surface area contributed by atoms with Gasteiger partial charge in [-0.2, -0.15) is 5.10 Å². The number of carbonyl (C=O) groups excluding carboxylic acids is 1. The fraction of sp³-hybridized carbons (Fsp3) is 0.304. The molecule has 0 unspecified atom stereocenters. The van der Waals surface area contributed by atoms with Crippen LogP contribution in [-0.4, -0.2) is 40.3 Å². The van der Waals surface area contributed by atoms with Crippen LogP contribution in [0.1, 0.15) is 24.1 Å². The monoisotopic (exact) mass is 425 g/mol. The summed E-state index contributed by atoms with van der Waals surface area (Å²) < 4.78 is 13.2. The van der Waals surface area contributed by atoms with E-state index in [0.717, 1.165) is 29.8 Å². The van der Waals surface area contributed by atoms with E-state index >= 15 is 0 Å². The van der Waals surface area contributed by atoms with Gasteiger partial charge in [-0.25, -0.2) is 4.68 Å². The van der Waals surface area contributed by atoms with E-state index in [0.29, 0.717) is 23.2 Å². The number of aryl methyl sites for hydroxylation is 1. The van der Waals surface area contributed by atoms with Crippen molar-refractivity contribution in [1.82, 2.24) is 14.7 Å². The van der Waals surface area contributed by atoms with E-state index in [4.69, 9.17) is 26.2 Å². The number of hydrogen-bond donors (Lipinski definition) is 0. The molecule has 0 spiro atoms. The third-order valence-corrected chi connectivity index (χ3v) is 5.32. The molecule has 1 fully saturated rings. The Kier molecular flexibility index (Phi) is 6.06. The Labute approximate surface area is 181 Å². The zero-order valence-corrected chi connectivity index (χ0v) is 17.8. The molecule has 1 saturated carbocycles. The van der Waals surface area contributed by atoms with Gasteiger partial charge in [-0.1, -0.05) is 29.8 Å². The number of halogens is 1. The molecule has 0 radical (unpaired) electrons. The maximum atomic E-state index is 12.6. The molecule has 6 nitrogen and oxygen atoms in total. The van der Waals surface area contributed by atoms with Crippen LogP contribution in [0.3, 0.4) is 0 Å². The number of aromatic nitrogens is 2. The summed E-state index contributed by atoms with van der Waals surface area (Å²) in [6.45, 7) is 2.43. The third-order valence-electron chi connectivity index (χ3n) is 5.07. The first-order valence-corrected chi connectivity index (χ1v) is 10.3. The molecule has 30 heavy (non-hydrogen) atoms. The van der Waals surface area contributed by atoms with Crippen molar-refractivity contribution in [2.24, 2.45) is 0 Å². The molecule has 7 heteroatoms. The quantitative estimate of drug-likeness (QED) is 0.522. The number of benzene rings is 2. The number of ether oxygens (including phenoxy) is 2. The topological polar surface area (TPSA) is 56.6 Å². The van der Waals surface area contributed by atoms with Crippen LogP contribution in [0, 0.1) is 6.92 Å². The van der Waals surface area contributed by atoms with Crippen molar-refractivity contribution in [3.05, 3.63) is 70.9 Å². The summed E-state index contributed by atoms with van der Waals surface area (Å²) in [7, 11) is 1.54. The molecule has 1 aliphatic carbocycles. The molecule has 0 bridgehead atoms. The molecule has 1 aliphatic rings. The van der Waals surface area contributed by atoms with E-state index in [1.807, 2.05) is 54.3 Å². The van der Waals surface area contributed by atoms with Crippen LogP contribution in [0.5, 0.6) is 11.6 Å². The number of para-hydroxylation sites is 1. The Morgan fingerprint density at radius 3 is 2.50 bits per heavy atom. The minimum Gasteiger partial charge on any atom is -0.439 e. The highest BCUT2D eigenvalue weighted by Gasteiger charge is 2.34. The number of rotatable bonds is 8. The summed E-state index contributed by atoms with van der Waals surface area (Å²) >= 11 is 6.02. The second kappa shape index (κ2) is 8.90. The summed E-state index contributed by atoms with van der Waals surface area (Å²) in [6.07, 6.45) is 2.02. The lowest BCUT2D eigenvalue weighted by Gasteiger charge is -2.22. The summed E-state index contributed by atoms with van der Waals surface area (Å²) in [4.78, 5) is 14.5. The molecule has 3 aromatic rings. The predicted octanol–water partition coefficient (Wildman–Crippen LogP) is 4.76. The summed E-state index contributed by atoms with van der Waals surface area (Å²) in [5.74, 6) is 1.22. The third kappa shape index (κ3) is 4.50. The van der Waals surface area contributed by atoms with Gasteiger partial charge in [0, 0.05) is 18.2 Å². The number of carbonyl (C=O) groups is 1. The van der Waals surface area contributed by atoms with Gasteiger partial charge in [0.15, 0.2) is 0 Å². The van der Waals surface area contributed by atoms with Crippen LogP contribution in [0.4, 0.5) is 0 Å². The van der Waals surface area contributed by atoms with Crippen LogP contribution in [-0.2, 0) is 16.1 Å². The second-order valence-corrected chi connectivity index (χ2v) is 7.79. The SMILES string of the molecule is COCC(=O)N(Cc1c(C)nn(-c2ccccc2)c1Oc1ccc(Cl)cc1)C1CC1. The van der Waals surface area contributed by atoms with Gasteiger partial charge in [-0.15, -0.1) is 0 Å². The molecule has 2 aromatic carbocycles. The predicted molar refractivity (Wildman–Crippen MR) is 115 cm³/mol. The minimum absolute atomic E-state index is 0.0238. The molecule has 4 rings (SSSR count). The Morgan fingerprint density at radius 2 is 1.87 bits per heavy atom. The van der Waals surface area contributed by atoms with Crippen LogP contribution in [0.2, 0.25) is 5.02 Å². The van der Waals surface area contributed by atoms with Crippen LogP contribution in [0.25, 0.3) is 5.69 Å². The Hall–Kier alpha value is -2.83. The Morgan fingerprint density at radius 1 is 1.17 bits per heavy atom. The first-order chi connectivity index (χ1) is 14.6. The van der Waals surface area contributed by atoms with E-state index in [1.165, 1.54) is 7.11 Å². The van der Waals surface area contributed by atoms with E-state index in [9.17, 15) is 4.79 Å². The largest absolute Gasteiger partial charge is 0.439 e. The molecule has 0 atom stereocenters. The summed E-state index contributed by atoms with van der Waals surface area (Å²) in [5.41, 5.74) is 2.58. The molecular formula is C23H24ClN3O3. The number of hydrogen-bond acceptors (Lipinski definition) is 4. The zero-order valence-electron chi connectivity index (χ0n) is 17.0. The van der Waals surface area contributed by atoms with E-state index in [1.54, 1.807) is 16.8 Å². The van der Waals surface area contributed by atoms with Crippen molar-refractivity contribution >= 4 is 17.5 Å². The lowest BCUT2D eigenvalue weighted by Crippen LogP contribution is -2.35. The lowest BCUT2D eigenvalue weighted by atomic mass is 10.2. The van der Waals surface area contributed by atoms with E-state index in [2.05, 4.69) is 0 Å². The minimum atomic E-state index is -0.0238. The van der Waals surface area contributed by atoms with Gasteiger partial charge in [0.25, 0.3) is 0 Å². The van der Waals surface area contributed by atoms with E-state index in [-0.39, 0.29) is 18.6 Å². The van der Waals surface area contributed by atoms with Gasteiger partial charge in [-0.3, -0.25) is 4.79 Å². The zero-order chi connectivity index (χ0) is 21.1. The summed E-state index contributed by atoms with van der Waals surface area (Å²) in [6, 6.07) is 17.3. The number of amides is 1. The first kappa shape index (κ1) is 20.4. The molecule has 0 saturated heterocycles. The van der Waals surface area contributed by atoms with Gasteiger partial charge in [0.05, 0.1) is 23.5 Å². The van der Waals surface area contributed by atoms with Gasteiger partial charge in [-0.05, 0) is 56.2 Å². The molecule has 0 N–H and O–H groups in total. The second-order valence-electron chi connectivity index (χ2n) is 7.36. The average Bonchev–Trinajstić information content (AvgIpc) is 3.54. The summed E-state index contributed by atoms with van der Waals surface area (Å²) in [5, 5.41) is 5.37. The highest BCUT2D eigenvalue weighted by molar-refractivity contribution is 6.30. The van der Waals surface area contributed by atoms with Crippen molar-refractivity contribution in [1.29, 1.82) is 0 Å². The maximum absolute atomic E-state index is 12.6. The highest BCUT2D eigenvalue weighted by atomic mass is 35.5. The number of methoxy groups -OCH3 is 1. The maximum Gasteiger partial charge on any atom is 0.249 e. The van der Waals surface area contributed by atoms with Crippen LogP contribution < -0.4 is 4.74 Å². The average molecular weight is 426 g/mol. The molecular weight excluding hydrogens is 402 g/mol. The fourth-order valence-corrected chi connectivity index (χ4v) is 3.49. The molecule has 1 heterocycles. The number of nitrogens with zero attached hydrogens (tertiary/aromatic N) is 3. The molecule has 0 aliphatic heterocycles. The molecule has 1 amide bonds. The smallest absolute Gasteiger partial charge is 0.249 e. The molecule has 1 aromatic heterocycles. The molecule has 156 valence electrons. The van der Waals surface area contributed by atoms with Crippen molar-refractivity contribution in [2.75, 3.05) is 13.7 Å². The highest BCUT2D eigenvalue weighted by Crippen LogP contribution is 2.35. The van der Waals surface area contributed by atoms with Gasteiger partial charge in [0.1, 0.15) is 12.4 Å². The Bertz CT molecular complexity index is 1010. The van der Waals surface area contributed by atoms with Crippen LogP contribution in [0.15, 0.2) is 54.6 Å². The Balaban J connectivity index is 1.74. The van der Waals surface area contributed by atoms with Crippen molar-refractivity contribution in [2.45, 2.75) is 32.4 Å². The lowest BCUT2D eigenvalue weighted by molar-refractivity contribution is -0.136. The van der Waals surface area contributed by atoms with Crippen LogP contribution >= 0.6 is 11.6 Å².